The number of rotatable bonds is 4. The van der Waals surface area contributed by atoms with Crippen LogP contribution < -0.4 is 10.0 Å². The van der Waals surface area contributed by atoms with Crippen LogP contribution in [0.25, 0.3) is 10.3 Å². The van der Waals surface area contributed by atoms with Crippen molar-refractivity contribution < 1.29 is 13.2 Å². The third-order valence-corrected chi connectivity index (χ3v) is 5.57. The van der Waals surface area contributed by atoms with Gasteiger partial charge in [0.1, 0.15) is 20.5 Å². The van der Waals surface area contributed by atoms with Crippen LogP contribution in [-0.4, -0.2) is 30.8 Å². The highest BCUT2D eigenvalue weighted by Crippen LogP contribution is 2.26. The van der Waals surface area contributed by atoms with E-state index in [1.807, 2.05) is 6.92 Å². The second kappa shape index (κ2) is 6.71. The van der Waals surface area contributed by atoms with Crippen molar-refractivity contribution in [3.63, 3.8) is 0 Å². The summed E-state index contributed by atoms with van der Waals surface area (Å²) in [7, 11) is -3.80. The summed E-state index contributed by atoms with van der Waals surface area (Å²) in [6, 6.07) is 8.99. The zero-order chi connectivity index (χ0) is 18.2. The number of anilines is 1. The Labute approximate surface area is 154 Å². The highest BCUT2D eigenvalue weighted by molar-refractivity contribution is 7.89. The lowest BCUT2D eigenvalue weighted by molar-refractivity contribution is 0.0987. The molecule has 0 fully saturated rings. The number of nitrogens with zero attached hydrogens (tertiary/aromatic N) is 3. The Kier molecular flexibility index (Phi) is 4.78. The first-order chi connectivity index (χ1) is 11.8. The van der Waals surface area contributed by atoms with Gasteiger partial charge in [0, 0.05) is 12.1 Å². The van der Waals surface area contributed by atoms with Crippen LogP contribution in [0.5, 0.6) is 0 Å². The molecule has 0 atom stereocenters. The van der Waals surface area contributed by atoms with Crippen molar-refractivity contribution in [3.8, 4) is 0 Å². The summed E-state index contributed by atoms with van der Waals surface area (Å²) in [6.45, 7) is 2.24. The molecule has 2 aromatic heterocycles. The number of hydrogen-bond donors (Lipinski definition) is 2. The van der Waals surface area contributed by atoms with Crippen molar-refractivity contribution in [2.45, 2.75) is 16.2 Å². The number of thiol groups is 1. The second-order valence-electron chi connectivity index (χ2n) is 5.11. The Hall–Kier alpha value is -2.01. The monoisotopic (exact) mass is 394 g/mol. The van der Waals surface area contributed by atoms with Crippen LogP contribution in [0, 0.1) is 0 Å². The van der Waals surface area contributed by atoms with E-state index >= 15 is 0 Å². The van der Waals surface area contributed by atoms with Crippen molar-refractivity contribution in [3.05, 3.63) is 42.0 Å². The van der Waals surface area contributed by atoms with Gasteiger partial charge in [0.05, 0.1) is 4.90 Å². The van der Waals surface area contributed by atoms with Gasteiger partial charge < -0.3 is 0 Å². The number of benzene rings is 1. The summed E-state index contributed by atoms with van der Waals surface area (Å²) in [6.07, 6.45) is 0. The maximum Gasteiger partial charge on any atom is 0.259 e. The molecule has 130 valence electrons. The molecule has 7 nitrogen and oxygen atoms in total. The van der Waals surface area contributed by atoms with E-state index < -0.39 is 10.0 Å². The lowest BCUT2D eigenvalue weighted by Crippen LogP contribution is -2.31. The predicted octanol–water partition coefficient (Wildman–Crippen LogP) is 2.29. The number of fused-ring (bicyclic) bond motifs is 1. The first-order valence-electron chi connectivity index (χ1n) is 7.21. The molecule has 0 aliphatic carbocycles. The first-order valence-corrected chi connectivity index (χ1v) is 10.0. The van der Waals surface area contributed by atoms with Crippen molar-refractivity contribution >= 4 is 56.1 Å². The molecule has 0 aliphatic heterocycles. The maximum absolute atomic E-state index is 12.8. The lowest BCUT2D eigenvalue weighted by atomic mass is 10.2. The summed E-state index contributed by atoms with van der Waals surface area (Å²) >= 11 is 5.54. The zero-order valence-corrected chi connectivity index (χ0v) is 15.6. The van der Waals surface area contributed by atoms with E-state index in [9.17, 15) is 13.2 Å². The van der Waals surface area contributed by atoms with Crippen LogP contribution in [0.2, 0.25) is 0 Å². The summed E-state index contributed by atoms with van der Waals surface area (Å²) in [5, 5.41) is 5.07. The van der Waals surface area contributed by atoms with Crippen molar-refractivity contribution in [1.29, 1.82) is 0 Å². The van der Waals surface area contributed by atoms with Crippen LogP contribution in [-0.2, 0) is 10.0 Å². The minimum absolute atomic E-state index is 0.0439. The fraction of sp³-hybridized carbons (Fsp3) is 0.133. The van der Waals surface area contributed by atoms with E-state index in [0.717, 1.165) is 5.52 Å². The minimum atomic E-state index is -3.80. The van der Waals surface area contributed by atoms with Gasteiger partial charge in [-0.15, -0.1) is 12.6 Å². The van der Waals surface area contributed by atoms with E-state index in [-0.39, 0.29) is 10.8 Å². The molecule has 0 saturated carbocycles. The zero-order valence-electron chi connectivity index (χ0n) is 13.1. The largest absolute Gasteiger partial charge is 0.293 e. The summed E-state index contributed by atoms with van der Waals surface area (Å²) in [5.74, 6) is 0.207. The van der Waals surface area contributed by atoms with E-state index in [1.54, 1.807) is 12.1 Å². The molecule has 2 N–H and O–H groups in total. The minimum Gasteiger partial charge on any atom is -0.293 e. The van der Waals surface area contributed by atoms with Gasteiger partial charge in [0.2, 0.25) is 10.0 Å². The molecular weight excluding hydrogens is 380 g/mol. The average molecular weight is 395 g/mol. The summed E-state index contributed by atoms with van der Waals surface area (Å²) < 4.78 is 23.2. The Bertz CT molecular complexity index is 1050. The summed E-state index contributed by atoms with van der Waals surface area (Å²) in [4.78, 5) is 23.6. The molecule has 25 heavy (non-hydrogen) atoms. The molecule has 0 spiro atoms. The number of carbonyl (C=O) groups is 1. The van der Waals surface area contributed by atoms with Crippen LogP contribution >= 0.6 is 24.0 Å². The van der Waals surface area contributed by atoms with Crippen LogP contribution in [0.4, 0.5) is 5.82 Å². The van der Waals surface area contributed by atoms with Crippen molar-refractivity contribution in [2.75, 3.05) is 11.4 Å². The Morgan fingerprint density at radius 2 is 1.88 bits per heavy atom. The molecule has 3 aromatic rings. The number of hydrogen-bond acceptors (Lipinski definition) is 7. The van der Waals surface area contributed by atoms with Crippen LogP contribution in [0.3, 0.4) is 0 Å². The SMILES string of the molecule is CCN(C(=O)c1ccc(S(N)(=O)=O)cc1)c1ccc2nc(S)sc2n1. The van der Waals surface area contributed by atoms with E-state index in [4.69, 9.17) is 5.14 Å². The van der Waals surface area contributed by atoms with Gasteiger partial charge in [-0.1, -0.05) is 11.3 Å². The van der Waals surface area contributed by atoms with Crippen molar-refractivity contribution in [1.82, 2.24) is 9.97 Å². The molecule has 0 aliphatic rings. The first kappa shape index (κ1) is 17.8. The molecule has 2 heterocycles. The Morgan fingerprint density at radius 1 is 1.20 bits per heavy atom. The molecule has 1 amide bonds. The quantitative estimate of drug-likeness (QED) is 0.661. The fourth-order valence-corrected chi connectivity index (χ4v) is 3.86. The maximum atomic E-state index is 12.8. The van der Waals surface area contributed by atoms with E-state index in [0.29, 0.717) is 27.1 Å². The molecular formula is C15H14N4O3S3. The number of nitrogens with two attached hydrogens (primary N) is 1. The predicted molar refractivity (Wildman–Crippen MR) is 99.8 cm³/mol. The van der Waals surface area contributed by atoms with Gasteiger partial charge in [0.25, 0.3) is 5.91 Å². The smallest absolute Gasteiger partial charge is 0.259 e. The van der Waals surface area contributed by atoms with Gasteiger partial charge in [-0.25, -0.2) is 23.5 Å². The van der Waals surface area contributed by atoms with Crippen molar-refractivity contribution in [2.24, 2.45) is 5.14 Å². The normalized spacial score (nSPS) is 11.6. The van der Waals surface area contributed by atoms with Gasteiger partial charge in [-0.2, -0.15) is 0 Å². The van der Waals surface area contributed by atoms with Gasteiger partial charge in [-0.05, 0) is 43.3 Å². The number of aromatic nitrogens is 2. The second-order valence-corrected chi connectivity index (χ2v) is 8.37. The third kappa shape index (κ3) is 3.66. The lowest BCUT2D eigenvalue weighted by Gasteiger charge is -2.20. The topological polar surface area (TPSA) is 106 Å². The standard InChI is InChI=1S/C15H14N4O3S3/c1-2-19(12-8-7-11-13(18-12)24-15(23)17-11)14(20)9-3-5-10(6-4-9)25(16,21)22/h3-8H,2H2,1H3,(H,17,23)(H2,16,21,22). The number of pyridine rings is 1. The molecule has 3 rings (SSSR count). The number of thiazole rings is 1. The van der Waals surface area contributed by atoms with Crippen LogP contribution in [0.1, 0.15) is 17.3 Å². The molecule has 0 radical (unpaired) electrons. The Morgan fingerprint density at radius 3 is 2.48 bits per heavy atom. The average Bonchev–Trinajstić information content (AvgIpc) is 2.94. The number of amides is 1. The Balaban J connectivity index is 1.94. The van der Waals surface area contributed by atoms with Gasteiger partial charge >= 0.3 is 0 Å². The molecule has 10 heteroatoms. The molecule has 1 aromatic carbocycles. The number of sulfonamides is 1. The van der Waals surface area contributed by atoms with Gasteiger partial charge in [-0.3, -0.25) is 9.69 Å². The third-order valence-electron chi connectivity index (χ3n) is 3.50. The number of primary sulfonamides is 1. The number of carbonyl (C=O) groups excluding carboxylic acids is 1. The fourth-order valence-electron chi connectivity index (χ4n) is 2.30. The summed E-state index contributed by atoms with van der Waals surface area (Å²) in [5.41, 5.74) is 1.06. The van der Waals surface area contributed by atoms with E-state index in [2.05, 4.69) is 22.6 Å². The molecule has 0 saturated heterocycles. The molecule has 0 bridgehead atoms. The highest BCUT2D eigenvalue weighted by Gasteiger charge is 2.19. The van der Waals surface area contributed by atoms with E-state index in [1.165, 1.54) is 40.5 Å². The highest BCUT2D eigenvalue weighted by atomic mass is 32.2. The van der Waals surface area contributed by atoms with Gasteiger partial charge in [0.15, 0.2) is 0 Å². The van der Waals surface area contributed by atoms with Crippen LogP contribution in [0.15, 0.2) is 45.6 Å². The molecule has 0 unspecified atom stereocenters.